The fourth-order valence-corrected chi connectivity index (χ4v) is 0.110. The average molecular weight is 121 g/mol. The third kappa shape index (κ3) is 4.74. The van der Waals surface area contributed by atoms with Crippen LogP contribution in [-0.2, 0) is 4.84 Å². The number of hydrogen-bond acceptors (Lipinski definition) is 2. The van der Waals surface area contributed by atoms with E-state index in [0.717, 1.165) is 0 Å². The van der Waals surface area contributed by atoms with Crippen molar-refractivity contribution in [2.24, 2.45) is 0 Å². The first-order chi connectivity index (χ1) is 3.77. The normalized spacial score (nSPS) is 9.12. The van der Waals surface area contributed by atoms with Crippen LogP contribution in [0.25, 0.3) is 0 Å². The summed E-state index contributed by atoms with van der Waals surface area (Å²) in [5.41, 5.74) is 1.44. The molecule has 1 amide bonds. The molecule has 46 valence electrons. The van der Waals surface area contributed by atoms with Gasteiger partial charge in [0.1, 0.15) is 12.6 Å². The predicted octanol–water partition coefficient (Wildman–Crippen LogP) is 0.626. The van der Waals surface area contributed by atoms with Gasteiger partial charge in [0.05, 0.1) is 0 Å². The van der Waals surface area contributed by atoms with Crippen molar-refractivity contribution in [2.45, 2.75) is 0 Å². The molecule has 0 heterocycles. The van der Waals surface area contributed by atoms with Crippen LogP contribution in [0.1, 0.15) is 0 Å². The maximum absolute atomic E-state index is 10.9. The second kappa shape index (κ2) is 3.91. The standard InChI is InChI=1S/C3H4FNO3/c4-1-2-8-5-3(6)7/h1-2,5H,(H,6,7). The lowest BCUT2D eigenvalue weighted by Gasteiger charge is -1.92. The molecule has 0 aromatic carbocycles. The summed E-state index contributed by atoms with van der Waals surface area (Å²) in [6, 6.07) is 0. The lowest BCUT2D eigenvalue weighted by atomic mass is 11.1. The molecule has 0 aliphatic carbocycles. The SMILES string of the molecule is O=C(O)NOC=CF. The van der Waals surface area contributed by atoms with E-state index in [2.05, 4.69) is 4.84 Å². The molecule has 4 nitrogen and oxygen atoms in total. The summed E-state index contributed by atoms with van der Waals surface area (Å²) in [5, 5.41) is 7.75. The van der Waals surface area contributed by atoms with Gasteiger partial charge in [-0.1, -0.05) is 0 Å². The first-order valence-electron chi connectivity index (χ1n) is 1.67. The van der Waals surface area contributed by atoms with Crippen molar-refractivity contribution >= 4 is 6.09 Å². The van der Waals surface area contributed by atoms with Crippen LogP contribution in [0.3, 0.4) is 0 Å². The highest BCUT2D eigenvalue weighted by molar-refractivity contribution is 5.62. The van der Waals surface area contributed by atoms with Crippen LogP contribution >= 0.6 is 0 Å². The molecule has 0 radical (unpaired) electrons. The predicted molar refractivity (Wildman–Crippen MR) is 22.5 cm³/mol. The Labute approximate surface area is 44.5 Å². The van der Waals surface area contributed by atoms with E-state index >= 15 is 0 Å². The fourth-order valence-electron chi connectivity index (χ4n) is 0.110. The van der Waals surface area contributed by atoms with Crippen molar-refractivity contribution in [3.63, 3.8) is 0 Å². The van der Waals surface area contributed by atoms with Crippen molar-refractivity contribution in [1.29, 1.82) is 0 Å². The second-order valence-corrected chi connectivity index (χ2v) is 0.787. The Balaban J connectivity index is 3.05. The largest absolute Gasteiger partial charge is 0.463 e. The number of carbonyl (C=O) groups is 1. The topological polar surface area (TPSA) is 58.6 Å². The Kier molecular flexibility index (Phi) is 3.30. The van der Waals surface area contributed by atoms with Gasteiger partial charge >= 0.3 is 6.09 Å². The van der Waals surface area contributed by atoms with E-state index in [1.807, 2.05) is 0 Å². The molecule has 0 fully saturated rings. The van der Waals surface area contributed by atoms with Gasteiger partial charge in [0.25, 0.3) is 0 Å². The highest BCUT2D eigenvalue weighted by Gasteiger charge is 1.86. The summed E-state index contributed by atoms with van der Waals surface area (Å²) < 4.78 is 10.9. The molecule has 0 aliphatic heterocycles. The zero-order valence-corrected chi connectivity index (χ0v) is 3.80. The molecule has 2 N–H and O–H groups in total. The van der Waals surface area contributed by atoms with E-state index in [4.69, 9.17) is 5.11 Å². The molecule has 0 aliphatic rings. The van der Waals surface area contributed by atoms with Gasteiger partial charge < -0.3 is 9.94 Å². The highest BCUT2D eigenvalue weighted by atomic mass is 19.1. The highest BCUT2D eigenvalue weighted by Crippen LogP contribution is 1.71. The maximum atomic E-state index is 10.9. The van der Waals surface area contributed by atoms with Crippen molar-refractivity contribution in [2.75, 3.05) is 0 Å². The molecule has 0 spiro atoms. The van der Waals surface area contributed by atoms with E-state index in [0.29, 0.717) is 6.26 Å². The smallest absolute Gasteiger partial charge is 0.438 e. The molecule has 0 aromatic heterocycles. The van der Waals surface area contributed by atoms with Crippen LogP contribution in [0, 0.1) is 0 Å². The van der Waals surface area contributed by atoms with Crippen LogP contribution in [0.4, 0.5) is 9.18 Å². The third-order valence-corrected chi connectivity index (χ3v) is 0.266. The minimum absolute atomic E-state index is 0.0654. The van der Waals surface area contributed by atoms with Crippen molar-refractivity contribution in [1.82, 2.24) is 5.48 Å². The van der Waals surface area contributed by atoms with Crippen LogP contribution in [0.15, 0.2) is 12.6 Å². The fraction of sp³-hybridized carbons (Fsp3) is 0. The van der Waals surface area contributed by atoms with Gasteiger partial charge in [-0.2, -0.15) is 5.48 Å². The van der Waals surface area contributed by atoms with Gasteiger partial charge in [-0.05, 0) is 0 Å². The number of halogens is 1. The summed E-state index contributed by atoms with van der Waals surface area (Å²) >= 11 is 0. The lowest BCUT2D eigenvalue weighted by Crippen LogP contribution is -2.17. The van der Waals surface area contributed by atoms with E-state index in [1.54, 1.807) is 0 Å². The number of rotatable bonds is 2. The molecule has 0 unspecified atom stereocenters. The molecule has 0 aromatic rings. The monoisotopic (exact) mass is 121 g/mol. The van der Waals surface area contributed by atoms with Gasteiger partial charge in [-0.15, -0.1) is 0 Å². The molecule has 0 bridgehead atoms. The Hall–Kier alpha value is -1.26. The summed E-state index contributed by atoms with van der Waals surface area (Å²) in [7, 11) is 0. The Morgan fingerprint density at radius 1 is 1.88 bits per heavy atom. The molecule has 8 heavy (non-hydrogen) atoms. The van der Waals surface area contributed by atoms with Crippen molar-refractivity contribution in [3.8, 4) is 0 Å². The van der Waals surface area contributed by atoms with Crippen LogP contribution in [0.5, 0.6) is 0 Å². The molecular weight excluding hydrogens is 117 g/mol. The molecule has 0 rings (SSSR count). The minimum atomic E-state index is -1.37. The van der Waals surface area contributed by atoms with Crippen LogP contribution in [-0.4, -0.2) is 11.2 Å². The van der Waals surface area contributed by atoms with Gasteiger partial charge in [0.2, 0.25) is 0 Å². The Bertz CT molecular complexity index is 103. The zero-order valence-electron chi connectivity index (χ0n) is 3.80. The molecule has 5 heteroatoms. The first kappa shape index (κ1) is 6.74. The first-order valence-corrected chi connectivity index (χ1v) is 1.67. The molecule has 0 saturated heterocycles. The van der Waals surface area contributed by atoms with Crippen LogP contribution < -0.4 is 5.48 Å². The van der Waals surface area contributed by atoms with Crippen molar-refractivity contribution < 1.29 is 19.1 Å². The Morgan fingerprint density at radius 2 is 2.50 bits per heavy atom. The van der Waals surface area contributed by atoms with Gasteiger partial charge in [-0.25, -0.2) is 9.18 Å². The number of hydroxylamine groups is 1. The van der Waals surface area contributed by atoms with E-state index in [1.165, 1.54) is 5.48 Å². The van der Waals surface area contributed by atoms with E-state index < -0.39 is 6.09 Å². The van der Waals surface area contributed by atoms with Gasteiger partial charge in [-0.3, -0.25) is 0 Å². The summed E-state index contributed by atoms with van der Waals surface area (Å²) in [4.78, 5) is 13.3. The number of amides is 1. The second-order valence-electron chi connectivity index (χ2n) is 0.787. The summed E-state index contributed by atoms with van der Waals surface area (Å²) in [5.74, 6) is 0. The molecular formula is C3H4FNO3. The number of nitrogens with one attached hydrogen (secondary N) is 1. The molecule has 0 saturated carbocycles. The van der Waals surface area contributed by atoms with Gasteiger partial charge in [0, 0.05) is 0 Å². The maximum Gasteiger partial charge on any atom is 0.438 e. The quantitative estimate of drug-likeness (QED) is 0.416. The van der Waals surface area contributed by atoms with Gasteiger partial charge in [0.15, 0.2) is 0 Å². The van der Waals surface area contributed by atoms with E-state index in [9.17, 15) is 9.18 Å². The third-order valence-electron chi connectivity index (χ3n) is 0.266. The number of hydrogen-bond donors (Lipinski definition) is 2. The summed E-state index contributed by atoms with van der Waals surface area (Å²) in [6.45, 7) is 0. The minimum Gasteiger partial charge on any atom is -0.463 e. The zero-order chi connectivity index (χ0) is 6.41. The average Bonchev–Trinajstić information content (AvgIpc) is 1.66. The summed E-state index contributed by atoms with van der Waals surface area (Å²) in [6.07, 6.45) is -0.743. The number of carboxylic acid groups (broad SMARTS) is 1. The van der Waals surface area contributed by atoms with Crippen LogP contribution in [0.2, 0.25) is 0 Å². The van der Waals surface area contributed by atoms with E-state index in [-0.39, 0.29) is 6.33 Å². The Morgan fingerprint density at radius 3 is 2.88 bits per heavy atom. The van der Waals surface area contributed by atoms with Crippen molar-refractivity contribution in [3.05, 3.63) is 12.6 Å². The molecule has 0 atom stereocenters. The lowest BCUT2D eigenvalue weighted by molar-refractivity contribution is 0.105.